The number of hydrogen-bond acceptors (Lipinski definition) is 7. The molecule has 0 aromatic carbocycles. The van der Waals surface area contributed by atoms with E-state index in [4.69, 9.17) is 15.6 Å². The van der Waals surface area contributed by atoms with Gasteiger partial charge < -0.3 is 25.8 Å². The van der Waals surface area contributed by atoms with Gasteiger partial charge in [-0.3, -0.25) is 4.79 Å². The van der Waals surface area contributed by atoms with Crippen LogP contribution in [0.25, 0.3) is 0 Å². The Kier molecular flexibility index (Phi) is 3.15. The molecule has 0 saturated carbocycles. The van der Waals surface area contributed by atoms with Crippen molar-refractivity contribution in [2.45, 2.75) is 17.8 Å². The molecule has 3 atom stereocenters. The Bertz CT molecular complexity index is 437. The largest absolute Gasteiger partial charge is 0.393 e. The first-order valence-electron chi connectivity index (χ1n) is 4.86. The first kappa shape index (κ1) is 12.4. The molecule has 1 aromatic rings. The van der Waals surface area contributed by atoms with Gasteiger partial charge >= 0.3 is 0 Å². The summed E-state index contributed by atoms with van der Waals surface area (Å²) in [7, 11) is 0. The quantitative estimate of drug-likeness (QED) is 0.518. The molecule has 1 aliphatic heterocycles. The van der Waals surface area contributed by atoms with E-state index in [1.165, 1.54) is 5.38 Å². The van der Waals surface area contributed by atoms with Gasteiger partial charge in [-0.15, -0.1) is 11.3 Å². The lowest BCUT2D eigenvalue weighted by Crippen LogP contribution is -2.45. The van der Waals surface area contributed by atoms with Crippen LogP contribution in [0, 0.1) is 0 Å². The zero-order valence-corrected chi connectivity index (χ0v) is 9.55. The van der Waals surface area contributed by atoms with Crippen LogP contribution in [0.5, 0.6) is 0 Å². The number of aliphatic hydroxyl groups excluding tert-OH is 2. The van der Waals surface area contributed by atoms with Gasteiger partial charge in [0.05, 0.1) is 13.2 Å². The molecule has 1 saturated heterocycles. The smallest absolute Gasteiger partial charge is 0.268 e. The zero-order valence-electron chi connectivity index (χ0n) is 8.74. The second kappa shape index (κ2) is 4.31. The molecule has 0 radical (unpaired) electrons. The number of ether oxygens (including phenoxy) is 1. The Hall–Kier alpha value is -1.06. The fourth-order valence-corrected chi connectivity index (χ4v) is 2.45. The highest BCUT2D eigenvalue weighted by atomic mass is 32.1. The van der Waals surface area contributed by atoms with Crippen molar-refractivity contribution in [1.29, 1.82) is 0 Å². The number of amides is 1. The highest BCUT2D eigenvalue weighted by molar-refractivity contribution is 7.09. The first-order chi connectivity index (χ1) is 7.98. The summed E-state index contributed by atoms with van der Waals surface area (Å²) >= 11 is 1.10. The molecular weight excluding hydrogens is 248 g/mol. The standard InChI is InChI=1S/C9H12N2O5S/c10-7(14)4-1-17-8(11-4)5-6(13)9(15,2-12)3-16-5/h1,5-6,12-13,15H,2-3H2,(H2,10,14)/t5-,6+,9-/m1/s1. The normalized spacial score (nSPS) is 32.9. The number of thiazole rings is 1. The van der Waals surface area contributed by atoms with Crippen molar-refractivity contribution in [2.24, 2.45) is 5.73 Å². The highest BCUT2D eigenvalue weighted by Crippen LogP contribution is 2.36. The lowest BCUT2D eigenvalue weighted by Gasteiger charge is -2.22. The van der Waals surface area contributed by atoms with E-state index in [1.807, 2.05) is 0 Å². The minimum atomic E-state index is -1.69. The fraction of sp³-hybridized carbons (Fsp3) is 0.556. The summed E-state index contributed by atoms with van der Waals surface area (Å²) in [6.45, 7) is -0.806. The predicted molar refractivity (Wildman–Crippen MR) is 57.4 cm³/mol. The van der Waals surface area contributed by atoms with Crippen LogP contribution in [0.3, 0.4) is 0 Å². The van der Waals surface area contributed by atoms with E-state index in [2.05, 4.69) is 4.98 Å². The molecule has 1 amide bonds. The van der Waals surface area contributed by atoms with E-state index in [0.717, 1.165) is 11.3 Å². The van der Waals surface area contributed by atoms with Crippen LogP contribution < -0.4 is 5.73 Å². The molecule has 7 nitrogen and oxygen atoms in total. The molecule has 5 N–H and O–H groups in total. The summed E-state index contributed by atoms with van der Waals surface area (Å²) in [6.07, 6.45) is -2.15. The summed E-state index contributed by atoms with van der Waals surface area (Å²) < 4.78 is 5.19. The lowest BCUT2D eigenvalue weighted by atomic mass is 9.98. The molecule has 2 rings (SSSR count). The van der Waals surface area contributed by atoms with Gasteiger partial charge in [-0.05, 0) is 0 Å². The van der Waals surface area contributed by atoms with E-state index in [9.17, 15) is 15.0 Å². The van der Waals surface area contributed by atoms with Gasteiger partial charge in [-0.25, -0.2) is 4.98 Å². The minimum absolute atomic E-state index is 0.0836. The summed E-state index contributed by atoms with van der Waals surface area (Å²) in [4.78, 5) is 14.8. The number of aliphatic hydroxyl groups is 3. The molecule has 17 heavy (non-hydrogen) atoms. The van der Waals surface area contributed by atoms with Gasteiger partial charge in [0.2, 0.25) is 0 Å². The molecule has 1 aromatic heterocycles. The maximum Gasteiger partial charge on any atom is 0.268 e. The molecule has 1 fully saturated rings. The second-order valence-corrected chi connectivity index (χ2v) is 4.76. The number of carbonyl (C=O) groups is 1. The summed E-state index contributed by atoms with van der Waals surface area (Å²) in [6, 6.07) is 0. The van der Waals surface area contributed by atoms with Crippen LogP contribution >= 0.6 is 11.3 Å². The predicted octanol–water partition coefficient (Wildman–Crippen LogP) is -1.60. The fourth-order valence-electron chi connectivity index (χ4n) is 1.57. The van der Waals surface area contributed by atoms with Crippen molar-refractivity contribution in [2.75, 3.05) is 13.2 Å². The average Bonchev–Trinajstić information content (AvgIpc) is 2.87. The highest BCUT2D eigenvalue weighted by Gasteiger charge is 2.49. The summed E-state index contributed by atoms with van der Waals surface area (Å²) in [5, 5.41) is 30.4. The van der Waals surface area contributed by atoms with Crippen molar-refractivity contribution in [3.63, 3.8) is 0 Å². The van der Waals surface area contributed by atoms with Crippen LogP contribution in [-0.4, -0.2) is 51.1 Å². The third-order valence-corrected chi connectivity index (χ3v) is 3.55. The molecular formula is C9H12N2O5S. The van der Waals surface area contributed by atoms with Crippen LogP contribution in [0.15, 0.2) is 5.38 Å². The summed E-state index contributed by atoms with van der Waals surface area (Å²) in [5.41, 5.74) is 3.44. The second-order valence-electron chi connectivity index (χ2n) is 3.87. The summed E-state index contributed by atoms with van der Waals surface area (Å²) in [5.74, 6) is -0.669. The van der Waals surface area contributed by atoms with Gasteiger partial charge in [0.1, 0.15) is 28.5 Å². The maximum atomic E-state index is 10.9. The van der Waals surface area contributed by atoms with Gasteiger partial charge in [-0.1, -0.05) is 0 Å². The van der Waals surface area contributed by atoms with E-state index < -0.39 is 30.3 Å². The van der Waals surface area contributed by atoms with Crippen LogP contribution in [0.4, 0.5) is 0 Å². The third kappa shape index (κ3) is 2.05. The van der Waals surface area contributed by atoms with Crippen LogP contribution in [0.2, 0.25) is 0 Å². The van der Waals surface area contributed by atoms with E-state index >= 15 is 0 Å². The SMILES string of the molecule is NC(=O)c1csc([C@@H]2OC[C@](O)(CO)[C@H]2O)n1. The van der Waals surface area contributed by atoms with Crippen molar-refractivity contribution in [3.05, 3.63) is 16.1 Å². The molecule has 1 aliphatic rings. The molecule has 0 bridgehead atoms. The Labute approximate surface area is 100 Å². The molecule has 0 aliphatic carbocycles. The first-order valence-corrected chi connectivity index (χ1v) is 5.74. The molecule has 94 valence electrons. The Morgan fingerprint density at radius 3 is 2.94 bits per heavy atom. The van der Waals surface area contributed by atoms with Gasteiger partial charge in [0.15, 0.2) is 0 Å². The molecule has 2 heterocycles. The average molecular weight is 260 g/mol. The van der Waals surface area contributed by atoms with Crippen LogP contribution in [-0.2, 0) is 4.74 Å². The van der Waals surface area contributed by atoms with Crippen molar-refractivity contribution < 1.29 is 24.9 Å². The monoisotopic (exact) mass is 260 g/mol. The Balaban J connectivity index is 2.21. The van der Waals surface area contributed by atoms with Gasteiger partial charge in [0, 0.05) is 5.38 Å². The Morgan fingerprint density at radius 1 is 1.76 bits per heavy atom. The van der Waals surface area contributed by atoms with Gasteiger partial charge in [-0.2, -0.15) is 0 Å². The molecule has 0 spiro atoms. The van der Waals surface area contributed by atoms with Crippen molar-refractivity contribution in [1.82, 2.24) is 4.98 Å². The number of carbonyl (C=O) groups excluding carboxylic acids is 1. The van der Waals surface area contributed by atoms with E-state index in [0.29, 0.717) is 5.01 Å². The molecule has 8 heteroatoms. The zero-order chi connectivity index (χ0) is 12.6. The third-order valence-electron chi connectivity index (χ3n) is 2.64. The number of hydrogen-bond donors (Lipinski definition) is 4. The number of primary amides is 1. The van der Waals surface area contributed by atoms with Crippen LogP contribution in [0.1, 0.15) is 21.6 Å². The minimum Gasteiger partial charge on any atom is -0.393 e. The number of aromatic nitrogens is 1. The van der Waals surface area contributed by atoms with Gasteiger partial charge in [0.25, 0.3) is 5.91 Å². The van der Waals surface area contributed by atoms with Crippen molar-refractivity contribution >= 4 is 17.2 Å². The van der Waals surface area contributed by atoms with E-state index in [-0.39, 0.29) is 12.3 Å². The Morgan fingerprint density at radius 2 is 2.47 bits per heavy atom. The van der Waals surface area contributed by atoms with E-state index in [1.54, 1.807) is 0 Å². The number of nitrogens with zero attached hydrogens (tertiary/aromatic N) is 1. The molecule has 0 unspecified atom stereocenters. The van der Waals surface area contributed by atoms with Crippen molar-refractivity contribution in [3.8, 4) is 0 Å². The topological polar surface area (TPSA) is 126 Å². The number of rotatable bonds is 3. The lowest BCUT2D eigenvalue weighted by molar-refractivity contribution is -0.0817. The maximum absolute atomic E-state index is 10.9. The number of nitrogens with two attached hydrogens (primary N) is 1.